The number of aromatic nitrogens is 4. The Balaban J connectivity index is 2.01. The van der Waals surface area contributed by atoms with E-state index in [1.807, 2.05) is 51.3 Å². The van der Waals surface area contributed by atoms with Gasteiger partial charge in [0, 0.05) is 43.7 Å². The molecular weight excluding hydrogens is 416 g/mol. The summed E-state index contributed by atoms with van der Waals surface area (Å²) < 4.78 is 7.39. The van der Waals surface area contributed by atoms with Crippen LogP contribution in [0.4, 0.5) is 16.4 Å². The molecule has 3 rings (SSSR count). The van der Waals surface area contributed by atoms with E-state index in [0.717, 1.165) is 59.9 Å². The molecule has 0 bridgehead atoms. The fourth-order valence-corrected chi connectivity index (χ4v) is 3.83. The van der Waals surface area contributed by atoms with Gasteiger partial charge in [0.25, 0.3) is 0 Å². The van der Waals surface area contributed by atoms with Gasteiger partial charge in [-0.05, 0) is 59.6 Å². The lowest BCUT2D eigenvalue weighted by Gasteiger charge is -2.24. The van der Waals surface area contributed by atoms with Gasteiger partial charge in [0.05, 0.1) is 11.3 Å². The number of aryl methyl sites for hydroxylation is 2. The first kappa shape index (κ1) is 24.5. The lowest BCUT2D eigenvalue weighted by Crippen LogP contribution is -2.34. The van der Waals surface area contributed by atoms with E-state index in [-0.39, 0.29) is 0 Å². The van der Waals surface area contributed by atoms with Gasteiger partial charge in [-0.3, -0.25) is 4.90 Å². The third-order valence-corrected chi connectivity index (χ3v) is 5.23. The molecule has 0 spiro atoms. The van der Waals surface area contributed by atoms with Crippen molar-refractivity contribution >= 4 is 23.4 Å². The number of amides is 1. The average Bonchev–Trinajstić information content (AvgIpc) is 3.07. The van der Waals surface area contributed by atoms with Crippen molar-refractivity contribution < 1.29 is 9.53 Å². The molecule has 0 aliphatic heterocycles. The van der Waals surface area contributed by atoms with Crippen LogP contribution in [-0.2, 0) is 4.74 Å². The molecule has 0 saturated heterocycles. The van der Waals surface area contributed by atoms with Gasteiger partial charge in [0.1, 0.15) is 17.2 Å². The largest absolute Gasteiger partial charge is 0.443 e. The molecule has 8 nitrogen and oxygen atoms in total. The van der Waals surface area contributed by atoms with E-state index in [9.17, 15) is 4.79 Å². The molecule has 0 saturated carbocycles. The number of carbonyl (C=O) groups excluding carboxylic acids is 1. The zero-order valence-electron chi connectivity index (χ0n) is 21.1. The van der Waals surface area contributed by atoms with Gasteiger partial charge in [-0.1, -0.05) is 13.8 Å². The van der Waals surface area contributed by atoms with Crippen molar-refractivity contribution in [1.82, 2.24) is 19.6 Å². The van der Waals surface area contributed by atoms with Crippen LogP contribution >= 0.6 is 0 Å². The maximum Gasteiger partial charge on any atom is 0.415 e. The fraction of sp³-hybridized carbons (Fsp3) is 0.520. The van der Waals surface area contributed by atoms with Gasteiger partial charge in [-0.2, -0.15) is 9.61 Å². The molecule has 8 heteroatoms. The molecule has 3 aromatic heterocycles. The molecule has 0 unspecified atom stereocenters. The van der Waals surface area contributed by atoms with Gasteiger partial charge in [-0.15, -0.1) is 0 Å². The maximum atomic E-state index is 12.4. The Morgan fingerprint density at radius 1 is 1.12 bits per heavy atom. The van der Waals surface area contributed by atoms with Gasteiger partial charge < -0.3 is 9.64 Å². The Labute approximate surface area is 196 Å². The number of anilines is 2. The van der Waals surface area contributed by atoms with Crippen LogP contribution in [0.1, 0.15) is 58.8 Å². The van der Waals surface area contributed by atoms with Crippen molar-refractivity contribution in [3.8, 4) is 11.1 Å². The maximum absolute atomic E-state index is 12.4. The number of hydrogen-bond donors (Lipinski definition) is 0. The summed E-state index contributed by atoms with van der Waals surface area (Å²) in [5.74, 6) is 1.58. The Morgan fingerprint density at radius 3 is 2.33 bits per heavy atom. The molecule has 0 aliphatic carbocycles. The third kappa shape index (κ3) is 5.43. The number of carbonyl (C=O) groups is 1. The predicted octanol–water partition coefficient (Wildman–Crippen LogP) is 5.41. The summed E-state index contributed by atoms with van der Waals surface area (Å²) in [5.41, 5.74) is 3.94. The molecule has 1 amide bonds. The van der Waals surface area contributed by atoms with Crippen LogP contribution < -0.4 is 9.80 Å². The van der Waals surface area contributed by atoms with Crippen LogP contribution in [0, 0.1) is 13.8 Å². The Kier molecular flexibility index (Phi) is 7.25. The number of pyridine rings is 1. The predicted molar refractivity (Wildman–Crippen MR) is 133 cm³/mol. The SMILES string of the molecule is CCCN(CCC)c1cc(C)nc2c(-c3ccc(N(C)C(=O)OC(C)(C)C)nc3)c(C)nn12. The third-order valence-electron chi connectivity index (χ3n) is 5.23. The Hall–Kier alpha value is -3.16. The quantitative estimate of drug-likeness (QED) is 0.477. The minimum atomic E-state index is -0.565. The topological polar surface area (TPSA) is 75.9 Å². The highest BCUT2D eigenvalue weighted by atomic mass is 16.6. The summed E-state index contributed by atoms with van der Waals surface area (Å²) in [7, 11) is 1.66. The number of rotatable bonds is 7. The van der Waals surface area contributed by atoms with E-state index in [4.69, 9.17) is 14.8 Å². The average molecular weight is 453 g/mol. The second-order valence-corrected chi connectivity index (χ2v) is 9.38. The molecule has 0 aliphatic rings. The number of hydrogen-bond acceptors (Lipinski definition) is 6. The molecule has 33 heavy (non-hydrogen) atoms. The standard InChI is InChI=1S/C25H36N6O2/c1-9-13-30(14-10-2)21-15-17(3)27-23-22(18(4)28-31(21)23)19-11-12-20(26-16-19)29(8)24(32)33-25(5,6)7/h11-12,15-16H,9-10,13-14H2,1-8H3. The van der Waals surface area contributed by atoms with Gasteiger partial charge in [-0.25, -0.2) is 14.8 Å². The van der Waals surface area contributed by atoms with E-state index in [1.165, 1.54) is 4.90 Å². The molecule has 0 fully saturated rings. The van der Waals surface area contributed by atoms with Crippen molar-refractivity contribution in [2.45, 2.75) is 66.9 Å². The number of fused-ring (bicyclic) bond motifs is 1. The van der Waals surface area contributed by atoms with Crippen LogP contribution in [0.2, 0.25) is 0 Å². The molecule has 3 heterocycles. The van der Waals surface area contributed by atoms with Crippen LogP contribution in [0.25, 0.3) is 16.8 Å². The summed E-state index contributed by atoms with van der Waals surface area (Å²) in [6, 6.07) is 5.87. The van der Waals surface area contributed by atoms with Crippen LogP contribution in [0.15, 0.2) is 24.4 Å². The van der Waals surface area contributed by atoms with Crippen molar-refractivity contribution in [3.05, 3.63) is 35.8 Å². The Bertz CT molecular complexity index is 1110. The summed E-state index contributed by atoms with van der Waals surface area (Å²) in [6.07, 6.45) is 3.45. The lowest BCUT2D eigenvalue weighted by molar-refractivity contribution is 0.0588. The highest BCUT2D eigenvalue weighted by molar-refractivity contribution is 5.87. The molecule has 0 N–H and O–H groups in total. The fourth-order valence-electron chi connectivity index (χ4n) is 3.83. The molecule has 0 atom stereocenters. The first-order chi connectivity index (χ1) is 15.6. The molecule has 178 valence electrons. The zero-order chi connectivity index (χ0) is 24.3. The van der Waals surface area contributed by atoms with Crippen molar-refractivity contribution in [2.75, 3.05) is 29.9 Å². The van der Waals surface area contributed by atoms with Crippen molar-refractivity contribution in [2.24, 2.45) is 0 Å². The zero-order valence-corrected chi connectivity index (χ0v) is 21.1. The normalized spacial score (nSPS) is 11.6. The van der Waals surface area contributed by atoms with Gasteiger partial charge in [0.2, 0.25) is 0 Å². The van der Waals surface area contributed by atoms with Gasteiger partial charge in [0.15, 0.2) is 5.65 Å². The van der Waals surface area contributed by atoms with Crippen molar-refractivity contribution in [1.29, 1.82) is 0 Å². The van der Waals surface area contributed by atoms with Gasteiger partial charge >= 0.3 is 6.09 Å². The van der Waals surface area contributed by atoms with Crippen molar-refractivity contribution in [3.63, 3.8) is 0 Å². The number of ether oxygens (including phenoxy) is 1. The van der Waals surface area contributed by atoms with Crippen LogP contribution in [-0.4, -0.2) is 51.4 Å². The summed E-state index contributed by atoms with van der Waals surface area (Å²) in [6.45, 7) is 15.8. The summed E-state index contributed by atoms with van der Waals surface area (Å²) in [4.78, 5) is 25.5. The molecular formula is C25H36N6O2. The van der Waals surface area contributed by atoms with E-state index in [1.54, 1.807) is 13.2 Å². The van der Waals surface area contributed by atoms with Crippen LogP contribution in [0.3, 0.4) is 0 Å². The minimum absolute atomic E-state index is 0.441. The van der Waals surface area contributed by atoms with Crippen LogP contribution in [0.5, 0.6) is 0 Å². The molecule has 0 aromatic carbocycles. The first-order valence-corrected chi connectivity index (χ1v) is 11.6. The Morgan fingerprint density at radius 2 is 1.79 bits per heavy atom. The number of nitrogens with zero attached hydrogens (tertiary/aromatic N) is 6. The lowest BCUT2D eigenvalue weighted by atomic mass is 10.1. The summed E-state index contributed by atoms with van der Waals surface area (Å²) in [5, 5.41) is 4.84. The first-order valence-electron chi connectivity index (χ1n) is 11.6. The van der Waals surface area contributed by atoms with E-state index in [0.29, 0.717) is 5.82 Å². The molecule has 0 radical (unpaired) electrons. The monoisotopic (exact) mass is 452 g/mol. The smallest absolute Gasteiger partial charge is 0.415 e. The second-order valence-electron chi connectivity index (χ2n) is 9.38. The second kappa shape index (κ2) is 9.77. The molecule has 3 aromatic rings. The van der Waals surface area contributed by atoms with E-state index in [2.05, 4.69) is 29.8 Å². The van der Waals surface area contributed by atoms with E-state index >= 15 is 0 Å². The highest BCUT2D eigenvalue weighted by Crippen LogP contribution is 2.31. The summed E-state index contributed by atoms with van der Waals surface area (Å²) >= 11 is 0. The highest BCUT2D eigenvalue weighted by Gasteiger charge is 2.22. The van der Waals surface area contributed by atoms with E-state index < -0.39 is 11.7 Å². The minimum Gasteiger partial charge on any atom is -0.443 e.